The van der Waals surface area contributed by atoms with Crippen LogP contribution >= 0.6 is 0 Å². The minimum absolute atomic E-state index is 0.221. The molecule has 1 aliphatic heterocycles. The molecule has 0 amide bonds. The van der Waals surface area contributed by atoms with E-state index >= 15 is 0 Å². The fourth-order valence-corrected chi connectivity index (χ4v) is 1.29. The Morgan fingerprint density at radius 1 is 1.70 bits per heavy atom. The van der Waals surface area contributed by atoms with E-state index in [1.807, 2.05) is 0 Å². The van der Waals surface area contributed by atoms with Crippen LogP contribution in [0.3, 0.4) is 0 Å². The lowest BCUT2D eigenvalue weighted by atomic mass is 9.98. The van der Waals surface area contributed by atoms with E-state index < -0.39 is 0 Å². The summed E-state index contributed by atoms with van der Waals surface area (Å²) in [6, 6.07) is 0. The first-order valence-electron chi connectivity index (χ1n) is 3.69. The van der Waals surface area contributed by atoms with Crippen molar-refractivity contribution < 1.29 is 9.47 Å². The zero-order chi connectivity index (χ0) is 7.40. The number of rotatable bonds is 2. The molecule has 0 aliphatic carbocycles. The van der Waals surface area contributed by atoms with Gasteiger partial charge >= 0.3 is 0 Å². The molecule has 0 saturated carbocycles. The summed E-state index contributed by atoms with van der Waals surface area (Å²) in [5, 5.41) is 0. The van der Waals surface area contributed by atoms with Crippen LogP contribution in [0.1, 0.15) is 6.42 Å². The van der Waals surface area contributed by atoms with Crippen LogP contribution in [-0.4, -0.2) is 33.0 Å². The first-order valence-corrected chi connectivity index (χ1v) is 3.69. The Morgan fingerprint density at radius 3 is 3.00 bits per heavy atom. The van der Waals surface area contributed by atoms with Gasteiger partial charge in [-0.25, -0.2) is 0 Å². The van der Waals surface area contributed by atoms with Crippen LogP contribution in [0.2, 0.25) is 0 Å². The third kappa shape index (κ3) is 1.68. The highest BCUT2D eigenvalue weighted by Crippen LogP contribution is 2.15. The zero-order valence-electron chi connectivity index (χ0n) is 6.38. The minimum Gasteiger partial charge on any atom is -0.379 e. The standard InChI is InChI=1S/C7H15NO2/c1-9-7-5-10-3-2-6(7)4-8/h6-7H,2-5,8H2,1H3. The molecule has 1 aliphatic rings. The molecular formula is C7H15NO2. The van der Waals surface area contributed by atoms with Crippen LogP contribution in [0.5, 0.6) is 0 Å². The molecular weight excluding hydrogens is 130 g/mol. The zero-order valence-corrected chi connectivity index (χ0v) is 6.38. The van der Waals surface area contributed by atoms with Crippen molar-refractivity contribution in [3.05, 3.63) is 0 Å². The molecule has 1 heterocycles. The van der Waals surface area contributed by atoms with Crippen molar-refractivity contribution in [2.75, 3.05) is 26.9 Å². The van der Waals surface area contributed by atoms with E-state index in [1.165, 1.54) is 0 Å². The maximum absolute atomic E-state index is 5.53. The van der Waals surface area contributed by atoms with Gasteiger partial charge in [0.25, 0.3) is 0 Å². The molecule has 1 rings (SSSR count). The van der Waals surface area contributed by atoms with Gasteiger partial charge in [-0.2, -0.15) is 0 Å². The molecule has 0 aromatic carbocycles. The summed E-state index contributed by atoms with van der Waals surface area (Å²) in [7, 11) is 1.71. The fourth-order valence-electron chi connectivity index (χ4n) is 1.29. The lowest BCUT2D eigenvalue weighted by Crippen LogP contribution is -2.38. The van der Waals surface area contributed by atoms with E-state index in [9.17, 15) is 0 Å². The molecule has 0 bridgehead atoms. The third-order valence-electron chi connectivity index (χ3n) is 2.05. The highest BCUT2D eigenvalue weighted by atomic mass is 16.5. The number of hydrogen-bond donors (Lipinski definition) is 1. The maximum Gasteiger partial charge on any atom is 0.0845 e. The summed E-state index contributed by atoms with van der Waals surface area (Å²) in [6.07, 6.45) is 1.26. The highest BCUT2D eigenvalue weighted by Gasteiger charge is 2.23. The number of methoxy groups -OCH3 is 1. The molecule has 2 unspecified atom stereocenters. The second-order valence-corrected chi connectivity index (χ2v) is 2.63. The van der Waals surface area contributed by atoms with Gasteiger partial charge in [0.15, 0.2) is 0 Å². The largest absolute Gasteiger partial charge is 0.379 e. The SMILES string of the molecule is COC1COCCC1CN. The van der Waals surface area contributed by atoms with E-state index in [1.54, 1.807) is 7.11 Å². The molecule has 0 aromatic heterocycles. The maximum atomic E-state index is 5.53. The second kappa shape index (κ2) is 3.91. The molecule has 0 aromatic rings. The molecule has 2 atom stereocenters. The van der Waals surface area contributed by atoms with Gasteiger partial charge in [0, 0.05) is 19.6 Å². The predicted octanol–water partition coefficient (Wildman–Crippen LogP) is -0.00340. The van der Waals surface area contributed by atoms with Crippen LogP contribution in [0, 0.1) is 5.92 Å². The van der Waals surface area contributed by atoms with Gasteiger partial charge in [0.1, 0.15) is 0 Å². The quantitative estimate of drug-likeness (QED) is 0.594. The molecule has 0 spiro atoms. The molecule has 10 heavy (non-hydrogen) atoms. The van der Waals surface area contributed by atoms with Gasteiger partial charge in [-0.1, -0.05) is 0 Å². The summed E-state index contributed by atoms with van der Waals surface area (Å²) in [6.45, 7) is 2.25. The Bertz CT molecular complexity index is 85.6. The van der Waals surface area contributed by atoms with Crippen molar-refractivity contribution in [2.24, 2.45) is 11.7 Å². The van der Waals surface area contributed by atoms with Crippen molar-refractivity contribution in [3.8, 4) is 0 Å². The Morgan fingerprint density at radius 2 is 2.50 bits per heavy atom. The van der Waals surface area contributed by atoms with Gasteiger partial charge in [-0.15, -0.1) is 0 Å². The summed E-state index contributed by atoms with van der Waals surface area (Å²) < 4.78 is 10.4. The summed E-state index contributed by atoms with van der Waals surface area (Å²) in [5.41, 5.74) is 5.53. The van der Waals surface area contributed by atoms with Gasteiger partial charge in [-0.3, -0.25) is 0 Å². The highest BCUT2D eigenvalue weighted by molar-refractivity contribution is 4.74. The van der Waals surface area contributed by atoms with E-state index in [-0.39, 0.29) is 6.10 Å². The van der Waals surface area contributed by atoms with Crippen molar-refractivity contribution >= 4 is 0 Å². The van der Waals surface area contributed by atoms with Crippen molar-refractivity contribution in [2.45, 2.75) is 12.5 Å². The molecule has 1 saturated heterocycles. The Labute approximate surface area is 61.5 Å². The fraction of sp³-hybridized carbons (Fsp3) is 1.00. The Balaban J connectivity index is 2.34. The van der Waals surface area contributed by atoms with E-state index in [2.05, 4.69) is 0 Å². The lowest BCUT2D eigenvalue weighted by Gasteiger charge is -2.29. The molecule has 3 nitrogen and oxygen atoms in total. The normalized spacial score (nSPS) is 34.2. The molecule has 1 fully saturated rings. The molecule has 3 heteroatoms. The van der Waals surface area contributed by atoms with Crippen molar-refractivity contribution in [1.82, 2.24) is 0 Å². The van der Waals surface area contributed by atoms with Gasteiger partial charge in [0.05, 0.1) is 12.7 Å². The average molecular weight is 145 g/mol. The number of nitrogens with two attached hydrogens (primary N) is 1. The van der Waals surface area contributed by atoms with Crippen LogP contribution in [0.25, 0.3) is 0 Å². The van der Waals surface area contributed by atoms with Crippen LogP contribution in [0.4, 0.5) is 0 Å². The third-order valence-corrected chi connectivity index (χ3v) is 2.05. The summed E-state index contributed by atoms with van der Waals surface area (Å²) in [5.74, 6) is 0.499. The topological polar surface area (TPSA) is 44.5 Å². The van der Waals surface area contributed by atoms with Crippen LogP contribution < -0.4 is 5.73 Å². The first kappa shape index (κ1) is 7.98. The average Bonchev–Trinajstić information content (AvgIpc) is 2.04. The molecule has 2 N–H and O–H groups in total. The second-order valence-electron chi connectivity index (χ2n) is 2.63. The van der Waals surface area contributed by atoms with Crippen molar-refractivity contribution in [3.63, 3.8) is 0 Å². The van der Waals surface area contributed by atoms with Crippen molar-refractivity contribution in [1.29, 1.82) is 0 Å². The number of ether oxygens (including phenoxy) is 2. The predicted molar refractivity (Wildman–Crippen MR) is 38.8 cm³/mol. The van der Waals surface area contributed by atoms with Crippen LogP contribution in [0.15, 0.2) is 0 Å². The Kier molecular flexibility index (Phi) is 3.12. The monoisotopic (exact) mass is 145 g/mol. The smallest absolute Gasteiger partial charge is 0.0845 e. The first-order chi connectivity index (χ1) is 4.88. The van der Waals surface area contributed by atoms with E-state index in [0.29, 0.717) is 19.1 Å². The Hall–Kier alpha value is -0.120. The van der Waals surface area contributed by atoms with Gasteiger partial charge < -0.3 is 15.2 Å². The lowest BCUT2D eigenvalue weighted by molar-refractivity contribution is -0.0625. The van der Waals surface area contributed by atoms with E-state index in [4.69, 9.17) is 15.2 Å². The molecule has 0 radical (unpaired) electrons. The molecule has 60 valence electrons. The minimum atomic E-state index is 0.221. The number of hydrogen-bond acceptors (Lipinski definition) is 3. The van der Waals surface area contributed by atoms with Gasteiger partial charge in [-0.05, 0) is 13.0 Å². The van der Waals surface area contributed by atoms with Gasteiger partial charge in [0.2, 0.25) is 0 Å². The van der Waals surface area contributed by atoms with Crippen LogP contribution in [-0.2, 0) is 9.47 Å². The summed E-state index contributed by atoms with van der Waals surface area (Å²) >= 11 is 0. The van der Waals surface area contributed by atoms with E-state index in [0.717, 1.165) is 13.0 Å². The summed E-state index contributed by atoms with van der Waals surface area (Å²) in [4.78, 5) is 0.